The first-order valence-electron chi connectivity index (χ1n) is 4.27. The number of methoxy groups -OCH3 is 1. The molecule has 1 amide bonds. The van der Waals surface area contributed by atoms with E-state index in [9.17, 15) is 13.6 Å². The Morgan fingerprint density at radius 1 is 1.47 bits per heavy atom. The summed E-state index contributed by atoms with van der Waals surface area (Å²) in [6, 6.07) is 3.10. The Balaban J connectivity index is 2.80. The van der Waals surface area contributed by atoms with Crippen molar-refractivity contribution in [2.45, 2.75) is 6.54 Å². The third-order valence-electron chi connectivity index (χ3n) is 1.90. The molecule has 0 spiro atoms. The third-order valence-corrected chi connectivity index (χ3v) is 1.90. The van der Waals surface area contributed by atoms with Gasteiger partial charge in [-0.1, -0.05) is 0 Å². The van der Waals surface area contributed by atoms with Gasteiger partial charge in [0, 0.05) is 12.6 Å². The third kappa shape index (κ3) is 2.90. The second kappa shape index (κ2) is 4.72. The Bertz CT molecular complexity index is 368. The molecule has 5 heteroatoms. The zero-order valence-corrected chi connectivity index (χ0v) is 8.46. The van der Waals surface area contributed by atoms with E-state index in [4.69, 9.17) is 0 Å². The van der Waals surface area contributed by atoms with Gasteiger partial charge in [-0.05, 0) is 18.2 Å². The molecule has 0 saturated carbocycles. The molecule has 82 valence electrons. The summed E-state index contributed by atoms with van der Waals surface area (Å²) in [5.74, 6) is -1.09. The Morgan fingerprint density at radius 3 is 2.73 bits per heavy atom. The first kappa shape index (κ1) is 11.4. The highest BCUT2D eigenvalue weighted by Crippen LogP contribution is 2.11. The number of amides is 1. The average Bonchev–Trinajstić information content (AvgIpc) is 2.22. The molecule has 0 N–H and O–H groups in total. The fraction of sp³-hybridized carbons (Fsp3) is 0.300. The lowest BCUT2D eigenvalue weighted by molar-refractivity contribution is 0.131. The van der Waals surface area contributed by atoms with Gasteiger partial charge in [-0.3, -0.25) is 0 Å². The van der Waals surface area contributed by atoms with E-state index in [1.807, 2.05) is 0 Å². The van der Waals surface area contributed by atoms with Gasteiger partial charge in [-0.2, -0.15) is 0 Å². The lowest BCUT2D eigenvalue weighted by atomic mass is 10.2. The molecule has 0 bridgehead atoms. The van der Waals surface area contributed by atoms with Crippen molar-refractivity contribution in [3.63, 3.8) is 0 Å². The Labute approximate surface area is 86.3 Å². The number of halogens is 2. The summed E-state index contributed by atoms with van der Waals surface area (Å²) >= 11 is 0. The number of hydrogen-bond donors (Lipinski definition) is 0. The van der Waals surface area contributed by atoms with Crippen molar-refractivity contribution in [2.24, 2.45) is 0 Å². The minimum Gasteiger partial charge on any atom is -0.453 e. The molecule has 1 rings (SSSR count). The van der Waals surface area contributed by atoms with Crippen molar-refractivity contribution in [1.82, 2.24) is 4.90 Å². The van der Waals surface area contributed by atoms with Crippen LogP contribution >= 0.6 is 0 Å². The summed E-state index contributed by atoms with van der Waals surface area (Å²) in [7, 11) is 2.66. The van der Waals surface area contributed by atoms with Crippen molar-refractivity contribution in [2.75, 3.05) is 14.2 Å². The highest BCUT2D eigenvalue weighted by atomic mass is 19.1. The quantitative estimate of drug-likeness (QED) is 0.756. The van der Waals surface area contributed by atoms with Crippen molar-refractivity contribution in [3.8, 4) is 0 Å². The van der Waals surface area contributed by atoms with Crippen LogP contribution in [0.2, 0.25) is 0 Å². The van der Waals surface area contributed by atoms with Crippen LogP contribution in [0, 0.1) is 11.6 Å². The van der Waals surface area contributed by atoms with Crippen LogP contribution in [0.3, 0.4) is 0 Å². The number of rotatable bonds is 2. The molecule has 15 heavy (non-hydrogen) atoms. The molecular weight excluding hydrogens is 204 g/mol. The van der Waals surface area contributed by atoms with Gasteiger partial charge < -0.3 is 9.64 Å². The van der Waals surface area contributed by atoms with Crippen molar-refractivity contribution in [1.29, 1.82) is 0 Å². The molecule has 0 aliphatic heterocycles. The van der Waals surface area contributed by atoms with E-state index >= 15 is 0 Å². The van der Waals surface area contributed by atoms with Gasteiger partial charge in [0.25, 0.3) is 0 Å². The van der Waals surface area contributed by atoms with Crippen molar-refractivity contribution >= 4 is 6.09 Å². The van der Waals surface area contributed by atoms with Crippen LogP contribution in [-0.2, 0) is 11.3 Å². The standard InChI is InChI=1S/C10H11F2NO2/c1-13(10(14)15-2)6-7-5-8(11)3-4-9(7)12/h3-5H,6H2,1-2H3. The lowest BCUT2D eigenvalue weighted by Crippen LogP contribution is -2.26. The molecule has 0 heterocycles. The zero-order valence-electron chi connectivity index (χ0n) is 8.46. The van der Waals surface area contributed by atoms with E-state index in [1.165, 1.54) is 14.2 Å². The molecule has 0 aliphatic carbocycles. The Kier molecular flexibility index (Phi) is 3.60. The van der Waals surface area contributed by atoms with Crippen LogP contribution in [0.5, 0.6) is 0 Å². The van der Waals surface area contributed by atoms with Gasteiger partial charge in [0.05, 0.1) is 13.7 Å². The molecule has 0 fully saturated rings. The van der Waals surface area contributed by atoms with Crippen LogP contribution in [-0.4, -0.2) is 25.2 Å². The van der Waals surface area contributed by atoms with E-state index in [-0.39, 0.29) is 12.1 Å². The van der Waals surface area contributed by atoms with Gasteiger partial charge in [-0.15, -0.1) is 0 Å². The summed E-state index contributed by atoms with van der Waals surface area (Å²) in [5.41, 5.74) is 0.114. The normalized spacial score (nSPS) is 9.87. The maximum atomic E-state index is 13.2. The number of benzene rings is 1. The highest BCUT2D eigenvalue weighted by Gasteiger charge is 2.11. The first-order chi connectivity index (χ1) is 7.04. The second-order valence-electron chi connectivity index (χ2n) is 3.06. The van der Waals surface area contributed by atoms with E-state index in [0.29, 0.717) is 0 Å². The van der Waals surface area contributed by atoms with Crippen LogP contribution in [0.15, 0.2) is 18.2 Å². The summed E-state index contributed by atoms with van der Waals surface area (Å²) in [6.45, 7) is -0.0315. The summed E-state index contributed by atoms with van der Waals surface area (Å²) < 4.78 is 30.4. The summed E-state index contributed by atoms with van der Waals surface area (Å²) in [5, 5.41) is 0. The SMILES string of the molecule is COC(=O)N(C)Cc1cc(F)ccc1F. The zero-order chi connectivity index (χ0) is 11.4. The molecular formula is C10H11F2NO2. The fourth-order valence-electron chi connectivity index (χ4n) is 1.14. The topological polar surface area (TPSA) is 29.5 Å². The molecule has 1 aromatic carbocycles. The number of carbonyl (C=O) groups excluding carboxylic acids is 1. The van der Waals surface area contributed by atoms with Gasteiger partial charge in [-0.25, -0.2) is 13.6 Å². The van der Waals surface area contributed by atoms with E-state index in [1.54, 1.807) is 0 Å². The maximum absolute atomic E-state index is 13.2. The van der Waals surface area contributed by atoms with Crippen LogP contribution in [0.1, 0.15) is 5.56 Å². The fourth-order valence-corrected chi connectivity index (χ4v) is 1.14. The monoisotopic (exact) mass is 215 g/mol. The summed E-state index contributed by atoms with van der Waals surface area (Å²) in [6.07, 6.45) is -0.598. The molecule has 0 radical (unpaired) electrons. The second-order valence-corrected chi connectivity index (χ2v) is 3.06. The average molecular weight is 215 g/mol. The van der Waals surface area contributed by atoms with Crippen LogP contribution in [0.4, 0.5) is 13.6 Å². The van der Waals surface area contributed by atoms with Gasteiger partial charge in [0.1, 0.15) is 11.6 Å². The van der Waals surface area contributed by atoms with Gasteiger partial charge in [0.15, 0.2) is 0 Å². The van der Waals surface area contributed by atoms with Crippen molar-refractivity contribution in [3.05, 3.63) is 35.4 Å². The number of nitrogens with zero attached hydrogens (tertiary/aromatic N) is 1. The van der Waals surface area contributed by atoms with E-state index < -0.39 is 17.7 Å². The molecule has 0 atom stereocenters. The molecule has 1 aromatic rings. The highest BCUT2D eigenvalue weighted by molar-refractivity contribution is 5.66. The predicted octanol–water partition coefficient (Wildman–Crippen LogP) is 2.16. The smallest absolute Gasteiger partial charge is 0.409 e. The molecule has 0 aromatic heterocycles. The molecule has 3 nitrogen and oxygen atoms in total. The number of ether oxygens (including phenoxy) is 1. The predicted molar refractivity (Wildman–Crippen MR) is 50.2 cm³/mol. The summed E-state index contributed by atoms with van der Waals surface area (Å²) in [4.78, 5) is 12.2. The lowest BCUT2D eigenvalue weighted by Gasteiger charge is -2.15. The maximum Gasteiger partial charge on any atom is 0.409 e. The minimum atomic E-state index is -0.598. The first-order valence-corrected chi connectivity index (χ1v) is 4.27. The van der Waals surface area contributed by atoms with Crippen molar-refractivity contribution < 1.29 is 18.3 Å². The van der Waals surface area contributed by atoms with Crippen LogP contribution in [0.25, 0.3) is 0 Å². The van der Waals surface area contributed by atoms with E-state index in [0.717, 1.165) is 23.1 Å². The molecule has 0 saturated heterocycles. The van der Waals surface area contributed by atoms with Gasteiger partial charge in [0.2, 0.25) is 0 Å². The number of carbonyl (C=O) groups is 1. The molecule has 0 aliphatic rings. The van der Waals surface area contributed by atoms with E-state index in [2.05, 4.69) is 4.74 Å². The number of hydrogen-bond acceptors (Lipinski definition) is 2. The van der Waals surface area contributed by atoms with Gasteiger partial charge >= 0.3 is 6.09 Å². The Hall–Kier alpha value is -1.65. The minimum absolute atomic E-state index is 0.0315. The largest absolute Gasteiger partial charge is 0.453 e. The molecule has 0 unspecified atom stereocenters. The Morgan fingerprint density at radius 2 is 2.13 bits per heavy atom. The van der Waals surface area contributed by atoms with Crippen LogP contribution < -0.4 is 0 Å².